The smallest absolute Gasteiger partial charge is 0.310 e. The van der Waals surface area contributed by atoms with Gasteiger partial charge in [0.05, 0.1) is 22.6 Å². The number of esters is 1. The number of carbonyl (C=O) groups is 2. The highest BCUT2D eigenvalue weighted by Gasteiger charge is 2.27. The number of hydrogen-bond acceptors (Lipinski definition) is 5. The first-order valence-electron chi connectivity index (χ1n) is 9.16. The van der Waals surface area contributed by atoms with Crippen LogP contribution in [0.1, 0.15) is 30.1 Å². The molecular formula is C21H21Cl2NO3S. The molecule has 0 radical (unpaired) electrons. The van der Waals surface area contributed by atoms with Crippen LogP contribution >= 0.6 is 35.0 Å². The topological polar surface area (TPSA) is 46.6 Å². The van der Waals surface area contributed by atoms with Crippen LogP contribution in [0.3, 0.4) is 0 Å². The summed E-state index contributed by atoms with van der Waals surface area (Å²) in [5.41, 5.74) is 1.44. The van der Waals surface area contributed by atoms with E-state index in [-0.39, 0.29) is 16.9 Å². The predicted octanol–water partition coefficient (Wildman–Crippen LogP) is 5.74. The van der Waals surface area contributed by atoms with Crippen molar-refractivity contribution in [2.75, 3.05) is 24.6 Å². The Morgan fingerprint density at radius 1 is 1.29 bits per heavy atom. The van der Waals surface area contributed by atoms with Gasteiger partial charge in [0.15, 0.2) is 6.29 Å². The number of piperidine rings is 1. The third-order valence-electron chi connectivity index (χ3n) is 4.66. The number of carbonyl (C=O) groups excluding carboxylic acids is 2. The molecule has 1 heterocycles. The van der Waals surface area contributed by atoms with Gasteiger partial charge in [-0.2, -0.15) is 0 Å². The summed E-state index contributed by atoms with van der Waals surface area (Å²) in [6.07, 6.45) is 2.51. The largest absolute Gasteiger partial charge is 0.466 e. The van der Waals surface area contributed by atoms with Crippen molar-refractivity contribution in [1.82, 2.24) is 0 Å². The summed E-state index contributed by atoms with van der Waals surface area (Å²) in [4.78, 5) is 27.1. The zero-order valence-electron chi connectivity index (χ0n) is 15.5. The molecule has 0 spiro atoms. The molecule has 3 rings (SSSR count). The Labute approximate surface area is 179 Å². The zero-order chi connectivity index (χ0) is 20.1. The second-order valence-electron chi connectivity index (χ2n) is 6.54. The van der Waals surface area contributed by atoms with Crippen LogP contribution in [-0.2, 0) is 9.53 Å². The van der Waals surface area contributed by atoms with E-state index < -0.39 is 0 Å². The number of nitrogens with zero attached hydrogens (tertiary/aromatic N) is 1. The lowest BCUT2D eigenvalue weighted by Crippen LogP contribution is -2.39. The second-order valence-corrected chi connectivity index (χ2v) is 8.41. The van der Waals surface area contributed by atoms with E-state index in [0.29, 0.717) is 30.0 Å². The molecule has 0 aromatic heterocycles. The van der Waals surface area contributed by atoms with Crippen molar-refractivity contribution in [3.05, 3.63) is 52.0 Å². The van der Waals surface area contributed by atoms with Gasteiger partial charge >= 0.3 is 5.97 Å². The number of benzene rings is 2. The van der Waals surface area contributed by atoms with Crippen LogP contribution in [-0.4, -0.2) is 32.0 Å². The molecular weight excluding hydrogens is 417 g/mol. The molecule has 7 heteroatoms. The van der Waals surface area contributed by atoms with E-state index >= 15 is 0 Å². The number of ether oxygens (including phenoxy) is 1. The molecule has 148 valence electrons. The van der Waals surface area contributed by atoms with Crippen LogP contribution in [0.25, 0.3) is 0 Å². The summed E-state index contributed by atoms with van der Waals surface area (Å²) in [5.74, 6) is -0.205. The summed E-state index contributed by atoms with van der Waals surface area (Å²) in [5, 5.41) is 0.646. The maximum Gasteiger partial charge on any atom is 0.310 e. The molecule has 2 aromatic carbocycles. The van der Waals surface area contributed by atoms with Crippen molar-refractivity contribution in [1.29, 1.82) is 0 Å². The van der Waals surface area contributed by atoms with Crippen molar-refractivity contribution in [3.63, 3.8) is 0 Å². The summed E-state index contributed by atoms with van der Waals surface area (Å²) >= 11 is 14.0. The molecule has 0 bridgehead atoms. The number of hydrogen-bond donors (Lipinski definition) is 0. The molecule has 1 aliphatic rings. The molecule has 0 saturated carbocycles. The lowest BCUT2D eigenvalue weighted by molar-refractivity contribution is -0.148. The minimum atomic E-state index is -0.116. The van der Waals surface area contributed by atoms with E-state index in [9.17, 15) is 9.59 Å². The second kappa shape index (κ2) is 9.68. The number of halogens is 2. The highest BCUT2D eigenvalue weighted by Crippen LogP contribution is 2.39. The van der Waals surface area contributed by atoms with Gasteiger partial charge in [-0.25, -0.2) is 0 Å². The number of aldehydes is 1. The first kappa shape index (κ1) is 21.0. The van der Waals surface area contributed by atoms with E-state index in [1.165, 1.54) is 11.8 Å². The van der Waals surface area contributed by atoms with Gasteiger partial charge in [-0.15, -0.1) is 0 Å². The molecule has 1 unspecified atom stereocenters. The minimum absolute atomic E-state index is 0.0888. The maximum atomic E-state index is 12.1. The van der Waals surface area contributed by atoms with Crippen LogP contribution in [0.15, 0.2) is 46.2 Å². The zero-order valence-corrected chi connectivity index (χ0v) is 17.8. The Balaban J connectivity index is 1.76. The fraction of sp³-hybridized carbons (Fsp3) is 0.333. The summed E-state index contributed by atoms with van der Waals surface area (Å²) in [6.45, 7) is 3.81. The average Bonchev–Trinajstić information content (AvgIpc) is 2.72. The van der Waals surface area contributed by atoms with Gasteiger partial charge in [0.2, 0.25) is 0 Å². The molecule has 0 aliphatic carbocycles. The van der Waals surface area contributed by atoms with Crippen molar-refractivity contribution in [2.24, 2.45) is 5.92 Å². The quantitative estimate of drug-likeness (QED) is 0.425. The molecule has 2 aromatic rings. The monoisotopic (exact) mass is 437 g/mol. The van der Waals surface area contributed by atoms with E-state index in [1.807, 2.05) is 25.1 Å². The van der Waals surface area contributed by atoms with Crippen LogP contribution < -0.4 is 4.90 Å². The fourth-order valence-electron chi connectivity index (χ4n) is 3.25. The Morgan fingerprint density at radius 3 is 2.86 bits per heavy atom. The van der Waals surface area contributed by atoms with Gasteiger partial charge in [0, 0.05) is 34.1 Å². The molecule has 1 atom stereocenters. The van der Waals surface area contributed by atoms with Gasteiger partial charge in [0.1, 0.15) is 0 Å². The van der Waals surface area contributed by atoms with Gasteiger partial charge in [-0.1, -0.05) is 41.0 Å². The molecule has 4 nitrogen and oxygen atoms in total. The van der Waals surface area contributed by atoms with Crippen LogP contribution in [0.4, 0.5) is 5.69 Å². The standard InChI is InChI=1S/C21H21Cl2NO3S/c1-2-27-21(26)14-5-4-10-24(12-14)16-6-3-7-17(11-16)28-18-9-8-15(13-25)19(22)20(18)23/h3,6-9,11,13-14H,2,4-5,10,12H2,1H3. The predicted molar refractivity (Wildman–Crippen MR) is 114 cm³/mol. The highest BCUT2D eigenvalue weighted by molar-refractivity contribution is 7.99. The van der Waals surface area contributed by atoms with E-state index in [1.54, 1.807) is 12.1 Å². The molecule has 1 fully saturated rings. The minimum Gasteiger partial charge on any atom is -0.466 e. The Hall–Kier alpha value is -1.69. The Kier molecular flexibility index (Phi) is 7.27. The molecule has 0 amide bonds. The molecule has 28 heavy (non-hydrogen) atoms. The average molecular weight is 438 g/mol. The highest BCUT2D eigenvalue weighted by atomic mass is 35.5. The van der Waals surface area contributed by atoms with Crippen LogP contribution in [0.2, 0.25) is 10.0 Å². The van der Waals surface area contributed by atoms with Gasteiger partial charge in [0.25, 0.3) is 0 Å². The first-order chi connectivity index (χ1) is 13.5. The first-order valence-corrected chi connectivity index (χ1v) is 10.7. The molecule has 0 N–H and O–H groups in total. The summed E-state index contributed by atoms with van der Waals surface area (Å²) in [7, 11) is 0. The van der Waals surface area contributed by atoms with E-state index in [0.717, 1.165) is 34.9 Å². The van der Waals surface area contributed by atoms with Gasteiger partial charge < -0.3 is 9.64 Å². The van der Waals surface area contributed by atoms with Gasteiger partial charge in [-0.05, 0) is 50.1 Å². The lowest BCUT2D eigenvalue weighted by atomic mass is 9.97. The number of rotatable bonds is 6. The Bertz CT molecular complexity index is 875. The van der Waals surface area contributed by atoms with Crippen molar-refractivity contribution in [2.45, 2.75) is 29.6 Å². The maximum absolute atomic E-state index is 12.1. The third-order valence-corrected chi connectivity index (χ3v) is 6.71. The Morgan fingerprint density at radius 2 is 2.11 bits per heavy atom. The van der Waals surface area contributed by atoms with Crippen molar-refractivity contribution >= 4 is 52.9 Å². The normalized spacial score (nSPS) is 16.7. The summed E-state index contributed by atoms with van der Waals surface area (Å²) in [6, 6.07) is 11.6. The van der Waals surface area contributed by atoms with Crippen molar-refractivity contribution < 1.29 is 14.3 Å². The molecule has 1 aliphatic heterocycles. The fourth-order valence-corrected chi connectivity index (χ4v) is 4.71. The SMILES string of the molecule is CCOC(=O)C1CCCN(c2cccc(Sc3ccc(C=O)c(Cl)c3Cl)c2)C1. The van der Waals surface area contributed by atoms with E-state index in [4.69, 9.17) is 27.9 Å². The van der Waals surface area contributed by atoms with Crippen LogP contribution in [0, 0.1) is 5.92 Å². The van der Waals surface area contributed by atoms with Crippen LogP contribution in [0.5, 0.6) is 0 Å². The summed E-state index contributed by atoms with van der Waals surface area (Å²) < 4.78 is 5.19. The third kappa shape index (κ3) is 4.83. The number of anilines is 1. The van der Waals surface area contributed by atoms with Crippen molar-refractivity contribution in [3.8, 4) is 0 Å². The molecule has 1 saturated heterocycles. The lowest BCUT2D eigenvalue weighted by Gasteiger charge is -2.33. The van der Waals surface area contributed by atoms with Gasteiger partial charge in [-0.3, -0.25) is 9.59 Å². The van der Waals surface area contributed by atoms with E-state index in [2.05, 4.69) is 11.0 Å².